The second kappa shape index (κ2) is 8.49. The fourth-order valence-corrected chi connectivity index (χ4v) is 4.59. The summed E-state index contributed by atoms with van der Waals surface area (Å²) >= 11 is 0. The number of benzene rings is 2. The average molecular weight is 479 g/mol. The van der Waals surface area contributed by atoms with Crippen molar-refractivity contribution in [3.8, 4) is 6.07 Å². The molecule has 1 aliphatic rings. The van der Waals surface area contributed by atoms with Crippen LogP contribution in [-0.2, 0) is 21.3 Å². The molecule has 172 valence electrons. The topological polar surface area (TPSA) is 147 Å². The van der Waals surface area contributed by atoms with Crippen molar-refractivity contribution in [2.24, 2.45) is 0 Å². The van der Waals surface area contributed by atoms with Crippen LogP contribution >= 0.6 is 0 Å². The van der Waals surface area contributed by atoms with E-state index in [4.69, 9.17) is 4.42 Å². The van der Waals surface area contributed by atoms with E-state index in [1.807, 2.05) is 0 Å². The van der Waals surface area contributed by atoms with Gasteiger partial charge in [0.2, 0.25) is 5.88 Å². The first-order valence-electron chi connectivity index (χ1n) is 9.86. The summed E-state index contributed by atoms with van der Waals surface area (Å²) in [7, 11) is -3.06. The van der Waals surface area contributed by atoms with E-state index in [1.54, 1.807) is 30.3 Å². The van der Waals surface area contributed by atoms with Gasteiger partial charge >= 0.3 is 5.97 Å². The molecule has 0 aliphatic carbocycles. The summed E-state index contributed by atoms with van der Waals surface area (Å²) < 4.78 is 37.7. The van der Waals surface area contributed by atoms with Gasteiger partial charge in [-0.15, -0.1) is 0 Å². The summed E-state index contributed by atoms with van der Waals surface area (Å²) in [5, 5.41) is 9.39. The van der Waals surface area contributed by atoms with Gasteiger partial charge in [-0.25, -0.2) is 17.9 Å². The maximum Gasteiger partial charge on any atom is 0.342 e. The number of amides is 2. The second-order valence-corrected chi connectivity index (χ2v) is 9.01. The molecule has 10 nitrogen and oxygen atoms in total. The molecule has 4 rings (SSSR count). The van der Waals surface area contributed by atoms with Crippen LogP contribution in [0.1, 0.15) is 48.0 Å². The van der Waals surface area contributed by atoms with Gasteiger partial charge in [0.1, 0.15) is 23.0 Å². The molecule has 2 aromatic carbocycles. The molecule has 11 heteroatoms. The SMILES string of the molecule is COC(=O)c1c(C)oc(NS(=O)(=O)c2ccc(CN3C(=O)c4ccccc4C3=O)cc2)c1C#N. The van der Waals surface area contributed by atoms with Gasteiger partial charge in [0.25, 0.3) is 21.8 Å². The number of rotatable bonds is 6. The number of nitriles is 1. The number of hydrogen-bond acceptors (Lipinski definition) is 8. The number of hydrogen-bond donors (Lipinski definition) is 1. The van der Waals surface area contributed by atoms with Gasteiger partial charge in [0, 0.05) is 0 Å². The lowest BCUT2D eigenvalue weighted by Gasteiger charge is -2.14. The van der Waals surface area contributed by atoms with E-state index in [9.17, 15) is 28.1 Å². The van der Waals surface area contributed by atoms with E-state index >= 15 is 0 Å². The molecular formula is C23H17N3O7S. The number of carbonyl (C=O) groups is 3. The number of furan rings is 1. The first-order valence-corrected chi connectivity index (χ1v) is 11.3. The van der Waals surface area contributed by atoms with Crippen molar-refractivity contribution in [3.63, 3.8) is 0 Å². The number of fused-ring (bicyclic) bond motifs is 1. The van der Waals surface area contributed by atoms with Crippen molar-refractivity contribution in [2.45, 2.75) is 18.4 Å². The molecule has 3 aromatic rings. The lowest BCUT2D eigenvalue weighted by molar-refractivity contribution is 0.0595. The highest BCUT2D eigenvalue weighted by Crippen LogP contribution is 2.29. The van der Waals surface area contributed by atoms with Gasteiger partial charge in [0.15, 0.2) is 0 Å². The fraction of sp³-hybridized carbons (Fsp3) is 0.130. The Kier molecular flexibility index (Phi) is 5.68. The minimum atomic E-state index is -4.19. The number of ether oxygens (including phenoxy) is 1. The normalized spacial score (nSPS) is 12.9. The number of imide groups is 1. The Labute approximate surface area is 194 Å². The molecule has 34 heavy (non-hydrogen) atoms. The van der Waals surface area contributed by atoms with Crippen molar-refractivity contribution in [3.05, 3.63) is 82.1 Å². The molecule has 0 fully saturated rings. The van der Waals surface area contributed by atoms with Crippen LogP contribution < -0.4 is 4.72 Å². The second-order valence-electron chi connectivity index (χ2n) is 7.33. The van der Waals surface area contributed by atoms with Crippen LogP contribution in [0.15, 0.2) is 57.8 Å². The first-order chi connectivity index (χ1) is 16.2. The van der Waals surface area contributed by atoms with E-state index in [-0.39, 0.29) is 28.3 Å². The minimum Gasteiger partial charge on any atom is -0.465 e. The molecule has 0 bridgehead atoms. The van der Waals surface area contributed by atoms with Crippen LogP contribution in [-0.4, -0.2) is 38.2 Å². The summed E-state index contributed by atoms with van der Waals surface area (Å²) in [6, 6.07) is 13.8. The van der Waals surface area contributed by atoms with Crippen LogP contribution in [0.5, 0.6) is 0 Å². The maximum atomic E-state index is 12.8. The molecule has 0 atom stereocenters. The number of aryl methyl sites for hydroxylation is 1. The molecule has 0 spiro atoms. The molecule has 0 saturated carbocycles. The number of nitrogens with zero attached hydrogens (tertiary/aromatic N) is 2. The van der Waals surface area contributed by atoms with E-state index in [1.165, 1.54) is 31.2 Å². The van der Waals surface area contributed by atoms with E-state index in [0.717, 1.165) is 12.0 Å². The molecule has 2 amide bonds. The molecule has 0 unspecified atom stereocenters. The van der Waals surface area contributed by atoms with Gasteiger partial charge in [-0.1, -0.05) is 24.3 Å². The summed E-state index contributed by atoms with van der Waals surface area (Å²) in [5.74, 6) is -2.05. The van der Waals surface area contributed by atoms with Crippen molar-refractivity contribution in [1.29, 1.82) is 5.26 Å². The Balaban J connectivity index is 1.55. The van der Waals surface area contributed by atoms with Gasteiger partial charge < -0.3 is 9.15 Å². The predicted molar refractivity (Wildman–Crippen MR) is 117 cm³/mol. The molecule has 0 saturated heterocycles. The Bertz CT molecular complexity index is 1450. The zero-order valence-corrected chi connectivity index (χ0v) is 18.8. The van der Waals surface area contributed by atoms with Crippen molar-refractivity contribution in [1.82, 2.24) is 4.90 Å². The van der Waals surface area contributed by atoms with Gasteiger partial charge in [-0.2, -0.15) is 5.26 Å². The van der Waals surface area contributed by atoms with Crippen molar-refractivity contribution >= 4 is 33.7 Å². The Morgan fingerprint density at radius 1 is 1.09 bits per heavy atom. The number of anilines is 1. The highest BCUT2D eigenvalue weighted by atomic mass is 32.2. The lowest BCUT2D eigenvalue weighted by Crippen LogP contribution is -2.29. The fourth-order valence-electron chi connectivity index (χ4n) is 3.59. The summed E-state index contributed by atoms with van der Waals surface area (Å²) in [5.41, 5.74) is 0.718. The molecular weight excluding hydrogens is 462 g/mol. The zero-order valence-electron chi connectivity index (χ0n) is 18.0. The van der Waals surface area contributed by atoms with Gasteiger partial charge in [-0.05, 0) is 36.8 Å². The number of methoxy groups -OCH3 is 1. The van der Waals surface area contributed by atoms with Crippen LogP contribution in [0.4, 0.5) is 5.88 Å². The van der Waals surface area contributed by atoms with Crippen LogP contribution in [0.2, 0.25) is 0 Å². The van der Waals surface area contributed by atoms with Crippen LogP contribution in [0, 0.1) is 18.3 Å². The maximum absolute atomic E-state index is 12.8. The van der Waals surface area contributed by atoms with Crippen LogP contribution in [0.3, 0.4) is 0 Å². The lowest BCUT2D eigenvalue weighted by atomic mass is 10.1. The summed E-state index contributed by atoms with van der Waals surface area (Å²) in [6.07, 6.45) is 0. The van der Waals surface area contributed by atoms with E-state index in [2.05, 4.69) is 9.46 Å². The zero-order chi connectivity index (χ0) is 24.6. The number of sulfonamides is 1. The molecule has 1 aromatic heterocycles. The number of nitrogens with one attached hydrogen (secondary N) is 1. The first kappa shape index (κ1) is 22.8. The quantitative estimate of drug-likeness (QED) is 0.419. The predicted octanol–water partition coefficient (Wildman–Crippen LogP) is 2.84. The summed E-state index contributed by atoms with van der Waals surface area (Å²) in [6.45, 7) is 1.37. The Morgan fingerprint density at radius 3 is 2.21 bits per heavy atom. The summed E-state index contributed by atoms with van der Waals surface area (Å²) in [4.78, 5) is 37.9. The third kappa shape index (κ3) is 3.80. The highest BCUT2D eigenvalue weighted by Gasteiger charge is 2.35. The van der Waals surface area contributed by atoms with Crippen molar-refractivity contribution < 1.29 is 32.0 Å². The minimum absolute atomic E-state index is 0.0254. The van der Waals surface area contributed by atoms with Crippen molar-refractivity contribution in [2.75, 3.05) is 11.8 Å². The molecule has 1 N–H and O–H groups in total. The number of esters is 1. The van der Waals surface area contributed by atoms with Crippen LogP contribution in [0.25, 0.3) is 0 Å². The largest absolute Gasteiger partial charge is 0.465 e. The molecule has 0 radical (unpaired) electrons. The molecule has 2 heterocycles. The molecule has 1 aliphatic heterocycles. The smallest absolute Gasteiger partial charge is 0.342 e. The van der Waals surface area contributed by atoms with Gasteiger partial charge in [-0.3, -0.25) is 14.5 Å². The standard InChI is InChI=1S/C23H17N3O7S/c1-13-19(23(29)32-2)18(11-24)20(33-13)25-34(30,31)15-9-7-14(8-10-15)12-26-21(27)16-5-3-4-6-17(16)22(26)28/h3-10,25H,12H2,1-2H3. The van der Waals surface area contributed by atoms with Gasteiger partial charge in [0.05, 0.1) is 29.7 Å². The van der Waals surface area contributed by atoms with E-state index < -0.39 is 33.7 Å². The Hall–Kier alpha value is -4.43. The third-order valence-corrected chi connectivity index (χ3v) is 6.61. The highest BCUT2D eigenvalue weighted by molar-refractivity contribution is 7.92. The van der Waals surface area contributed by atoms with E-state index in [0.29, 0.717) is 16.7 Å². The monoisotopic (exact) mass is 479 g/mol. The third-order valence-electron chi connectivity index (χ3n) is 5.27. The Morgan fingerprint density at radius 2 is 1.68 bits per heavy atom. The average Bonchev–Trinajstić information content (AvgIpc) is 3.26. The number of carbonyl (C=O) groups excluding carboxylic acids is 3.